The van der Waals surface area contributed by atoms with Gasteiger partial charge in [0.2, 0.25) is 0 Å². The number of aromatic nitrogens is 1. The van der Waals surface area contributed by atoms with Crippen molar-refractivity contribution in [3.05, 3.63) is 72.4 Å². The van der Waals surface area contributed by atoms with Crippen molar-refractivity contribution in [2.24, 2.45) is 0 Å². The van der Waals surface area contributed by atoms with E-state index in [-0.39, 0.29) is 52.4 Å². The molecule has 0 saturated carbocycles. The van der Waals surface area contributed by atoms with Crippen LogP contribution in [0.25, 0.3) is 22.3 Å². The van der Waals surface area contributed by atoms with Gasteiger partial charge in [-0.1, -0.05) is 69.6 Å². The molecule has 1 aromatic heterocycles. The Balaban J connectivity index is 2.40. The number of rotatable bonds is 2. The van der Waals surface area contributed by atoms with Gasteiger partial charge in [0.1, 0.15) is 0 Å². The molecule has 0 unspecified atom stereocenters. The predicted molar refractivity (Wildman–Crippen MR) is 110 cm³/mol. The Morgan fingerprint density at radius 1 is 0.643 bits per heavy atom. The number of nitrogens with zero attached hydrogens (tertiary/aromatic N) is 1. The summed E-state index contributed by atoms with van der Waals surface area (Å²) in [5.74, 6) is 0. The summed E-state index contributed by atoms with van der Waals surface area (Å²) in [5, 5.41) is 0.304. The first-order valence-corrected chi connectivity index (χ1v) is 9.62. The minimum atomic E-state index is -4.70. The monoisotopic (exact) mass is 503 g/mol. The van der Waals surface area contributed by atoms with E-state index in [0.717, 1.165) is 0 Å². The van der Waals surface area contributed by atoms with Crippen molar-refractivity contribution in [1.29, 1.82) is 0 Å². The summed E-state index contributed by atoms with van der Waals surface area (Å²) >= 11 is 36.0. The largest absolute Gasteiger partial charge is 0.418 e. The number of halogens is 9. The molecule has 0 radical (unpaired) electrons. The van der Waals surface area contributed by atoms with Crippen LogP contribution in [0.1, 0.15) is 5.56 Å². The number of hydrogen-bond acceptors (Lipinski definition) is 1. The van der Waals surface area contributed by atoms with Gasteiger partial charge in [-0.3, -0.25) is 4.98 Å². The van der Waals surface area contributed by atoms with Gasteiger partial charge in [0, 0.05) is 23.5 Å². The molecule has 0 atom stereocenters. The summed E-state index contributed by atoms with van der Waals surface area (Å²) in [6, 6.07) is 5.39. The molecule has 3 rings (SSSR count). The molecule has 0 aliphatic rings. The van der Waals surface area contributed by atoms with E-state index in [1.807, 2.05) is 0 Å². The van der Waals surface area contributed by atoms with Crippen LogP contribution in [-0.2, 0) is 6.18 Å². The van der Waals surface area contributed by atoms with Crippen molar-refractivity contribution in [2.75, 3.05) is 0 Å². The quantitative estimate of drug-likeness (QED) is 0.316. The first-order chi connectivity index (χ1) is 13.0. The van der Waals surface area contributed by atoms with E-state index in [9.17, 15) is 13.2 Å². The van der Waals surface area contributed by atoms with Gasteiger partial charge in [0.15, 0.2) is 0 Å². The molecule has 0 aliphatic carbocycles. The first-order valence-electron chi connectivity index (χ1n) is 7.35. The number of benzene rings is 2. The van der Waals surface area contributed by atoms with Crippen LogP contribution in [0.4, 0.5) is 13.2 Å². The Labute approximate surface area is 187 Å². The lowest BCUT2D eigenvalue weighted by Crippen LogP contribution is -2.09. The first kappa shape index (κ1) is 21.8. The van der Waals surface area contributed by atoms with Crippen molar-refractivity contribution < 1.29 is 13.2 Å². The molecule has 0 N–H and O–H groups in total. The standard InChI is InChI=1S/C18H6Cl6F3N/c19-11-1-7(2-12(20)16(11)23)9-5-28-6-10(18(25,26)27)15(9)8-3-13(21)17(24)14(22)4-8/h1-6H. The van der Waals surface area contributed by atoms with Crippen LogP contribution in [0.2, 0.25) is 30.1 Å². The Bertz CT molecular complexity index is 1040. The molecule has 0 fully saturated rings. The zero-order valence-electron chi connectivity index (χ0n) is 13.3. The fourth-order valence-electron chi connectivity index (χ4n) is 2.62. The van der Waals surface area contributed by atoms with Crippen molar-refractivity contribution in [3.8, 4) is 22.3 Å². The molecular weight excluding hydrogens is 500 g/mol. The van der Waals surface area contributed by atoms with Crippen molar-refractivity contribution >= 4 is 69.6 Å². The highest BCUT2D eigenvalue weighted by molar-refractivity contribution is 6.49. The van der Waals surface area contributed by atoms with Crippen molar-refractivity contribution in [3.63, 3.8) is 0 Å². The van der Waals surface area contributed by atoms with Gasteiger partial charge in [0.25, 0.3) is 0 Å². The number of pyridine rings is 1. The molecular formula is C18H6Cl6F3N. The van der Waals surface area contributed by atoms with Crippen LogP contribution in [0.15, 0.2) is 36.7 Å². The normalized spacial score (nSPS) is 11.8. The zero-order valence-corrected chi connectivity index (χ0v) is 17.8. The van der Waals surface area contributed by atoms with Gasteiger partial charge >= 0.3 is 6.18 Å². The van der Waals surface area contributed by atoms with Crippen LogP contribution in [0.5, 0.6) is 0 Å². The third-order valence-corrected chi connectivity index (χ3v) is 6.21. The van der Waals surface area contributed by atoms with E-state index in [1.165, 1.54) is 30.5 Å². The summed E-state index contributed by atoms with van der Waals surface area (Å²) in [6.45, 7) is 0. The molecule has 28 heavy (non-hydrogen) atoms. The third kappa shape index (κ3) is 4.18. The van der Waals surface area contributed by atoms with E-state index in [4.69, 9.17) is 69.6 Å². The minimum absolute atomic E-state index is 0.00669. The minimum Gasteiger partial charge on any atom is -0.263 e. The maximum atomic E-state index is 13.7. The van der Waals surface area contributed by atoms with Crippen molar-refractivity contribution in [1.82, 2.24) is 4.98 Å². The van der Waals surface area contributed by atoms with Crippen LogP contribution in [0.3, 0.4) is 0 Å². The summed E-state index contributed by atoms with van der Waals surface area (Å²) in [5.41, 5.74) is -0.676. The lowest BCUT2D eigenvalue weighted by atomic mass is 9.92. The second-order valence-corrected chi connectivity index (χ2v) is 8.00. The van der Waals surface area contributed by atoms with Crippen molar-refractivity contribution in [2.45, 2.75) is 6.18 Å². The van der Waals surface area contributed by atoms with Crippen LogP contribution in [-0.4, -0.2) is 4.98 Å². The molecule has 1 nitrogen and oxygen atoms in total. The van der Waals surface area contributed by atoms with E-state index in [1.54, 1.807) is 0 Å². The van der Waals surface area contributed by atoms with Gasteiger partial charge in [-0.05, 0) is 35.4 Å². The SMILES string of the molecule is FC(F)(F)c1cncc(-c2cc(Cl)c(Cl)c(Cl)c2)c1-c1cc(Cl)c(Cl)c(Cl)c1. The van der Waals surface area contributed by atoms with Gasteiger partial charge in [-0.25, -0.2) is 0 Å². The smallest absolute Gasteiger partial charge is 0.263 e. The molecule has 1 heterocycles. The highest BCUT2D eigenvalue weighted by Crippen LogP contribution is 2.46. The van der Waals surface area contributed by atoms with Gasteiger partial charge in [0.05, 0.1) is 35.7 Å². The van der Waals surface area contributed by atoms with Gasteiger partial charge in [-0.2, -0.15) is 13.2 Å². The summed E-state index contributed by atoms with van der Waals surface area (Å²) in [4.78, 5) is 3.73. The maximum Gasteiger partial charge on any atom is 0.418 e. The Kier molecular flexibility index (Phi) is 6.31. The molecule has 0 saturated heterocycles. The average Bonchev–Trinajstić information content (AvgIpc) is 2.62. The second-order valence-electron chi connectivity index (χ2n) is 5.62. The molecule has 0 aliphatic heterocycles. The van der Waals surface area contributed by atoms with Gasteiger partial charge in [-0.15, -0.1) is 0 Å². The summed E-state index contributed by atoms with van der Waals surface area (Å²) in [6.07, 6.45) is -2.72. The molecule has 3 aromatic rings. The predicted octanol–water partition coefficient (Wildman–Crippen LogP) is 9.35. The van der Waals surface area contributed by atoms with E-state index >= 15 is 0 Å². The summed E-state index contributed by atoms with van der Waals surface area (Å²) < 4.78 is 41.2. The lowest BCUT2D eigenvalue weighted by Gasteiger charge is -2.18. The molecule has 146 valence electrons. The highest BCUT2D eigenvalue weighted by atomic mass is 35.5. The van der Waals surface area contributed by atoms with E-state index in [2.05, 4.69) is 4.98 Å². The second kappa shape index (κ2) is 8.10. The van der Waals surface area contributed by atoms with Crippen LogP contribution < -0.4 is 0 Å². The summed E-state index contributed by atoms with van der Waals surface area (Å²) in [7, 11) is 0. The molecule has 0 amide bonds. The zero-order chi connectivity index (χ0) is 20.8. The Morgan fingerprint density at radius 3 is 1.50 bits per heavy atom. The van der Waals surface area contributed by atoms with E-state index < -0.39 is 11.7 Å². The Morgan fingerprint density at radius 2 is 1.07 bits per heavy atom. The molecule has 0 bridgehead atoms. The molecule has 2 aromatic carbocycles. The number of alkyl halides is 3. The fourth-order valence-corrected chi connectivity index (χ4v) is 3.81. The van der Waals surface area contributed by atoms with Gasteiger partial charge < -0.3 is 0 Å². The number of hydrogen-bond donors (Lipinski definition) is 0. The highest BCUT2D eigenvalue weighted by Gasteiger charge is 2.36. The average molecular weight is 506 g/mol. The van der Waals surface area contributed by atoms with Crippen LogP contribution >= 0.6 is 69.6 Å². The lowest BCUT2D eigenvalue weighted by molar-refractivity contribution is -0.137. The van der Waals surface area contributed by atoms with E-state index in [0.29, 0.717) is 6.20 Å². The topological polar surface area (TPSA) is 12.9 Å². The molecule has 10 heteroatoms. The van der Waals surface area contributed by atoms with Crippen LogP contribution in [0, 0.1) is 0 Å². The fraction of sp³-hybridized carbons (Fsp3) is 0.0556. The maximum absolute atomic E-state index is 13.7. The molecule has 0 spiro atoms. The Hall–Kier alpha value is -0.880. The third-order valence-electron chi connectivity index (χ3n) is 3.82.